The van der Waals surface area contributed by atoms with Crippen molar-refractivity contribution in [3.8, 4) is 22.6 Å². The summed E-state index contributed by atoms with van der Waals surface area (Å²) in [6, 6.07) is 17.5. The zero-order valence-electron chi connectivity index (χ0n) is 20.3. The van der Waals surface area contributed by atoms with Crippen LogP contribution in [0.1, 0.15) is 31.0 Å². The molecule has 0 unspecified atom stereocenters. The number of amides is 1. The maximum atomic E-state index is 13.2. The first-order valence-corrected chi connectivity index (χ1v) is 13.2. The predicted molar refractivity (Wildman–Crippen MR) is 142 cm³/mol. The second-order valence-corrected chi connectivity index (χ2v) is 9.76. The summed E-state index contributed by atoms with van der Waals surface area (Å²) in [4.78, 5) is 22.3. The Balaban J connectivity index is 1.39. The van der Waals surface area contributed by atoms with Crippen molar-refractivity contribution in [3.63, 3.8) is 0 Å². The quantitative estimate of drug-likeness (QED) is 0.335. The number of piperidine rings is 1. The number of thiazole rings is 1. The normalized spacial score (nSPS) is 14.9. The second kappa shape index (κ2) is 11.5. The molecule has 0 saturated carbocycles. The third-order valence-electron chi connectivity index (χ3n) is 6.55. The smallest absolute Gasteiger partial charge is 0.223 e. The first-order valence-electron chi connectivity index (χ1n) is 12.3. The molecule has 2 N–H and O–H groups in total. The number of fused-ring (bicyclic) bond motifs is 1. The second-order valence-electron chi connectivity index (χ2n) is 8.87. The molecule has 0 spiro atoms. The average Bonchev–Trinajstić information content (AvgIpc) is 3.41. The number of carbonyl (C=O) groups excluding carboxylic acids is 1. The Kier molecular flexibility index (Phi) is 7.73. The zero-order valence-corrected chi connectivity index (χ0v) is 21.1. The number of hydrogen-bond donors (Lipinski definition) is 2. The number of carbonyl (C=O) groups is 1. The Morgan fingerprint density at radius 2 is 2.00 bits per heavy atom. The minimum atomic E-state index is -0.290. The molecule has 1 aliphatic heterocycles. The van der Waals surface area contributed by atoms with Crippen LogP contribution in [0.3, 0.4) is 0 Å². The van der Waals surface area contributed by atoms with E-state index in [2.05, 4.69) is 15.6 Å². The van der Waals surface area contributed by atoms with Crippen molar-refractivity contribution in [2.75, 3.05) is 26.8 Å². The molecule has 4 aromatic rings. The van der Waals surface area contributed by atoms with E-state index in [1.807, 2.05) is 60.1 Å². The molecule has 3 heterocycles. The third-order valence-corrected chi connectivity index (χ3v) is 7.35. The number of pyridine rings is 1. The molecular formula is C28H30N4O3S. The summed E-state index contributed by atoms with van der Waals surface area (Å²) in [7, 11) is 1.66. The molecule has 1 amide bonds. The van der Waals surface area contributed by atoms with Gasteiger partial charge in [0, 0.05) is 24.1 Å². The lowest BCUT2D eigenvalue weighted by Gasteiger charge is -2.26. The van der Waals surface area contributed by atoms with Gasteiger partial charge in [-0.25, -0.2) is 4.98 Å². The van der Waals surface area contributed by atoms with Gasteiger partial charge >= 0.3 is 0 Å². The standard InChI is InChI=1S/C28H30N4O3S/c1-34-21-5-2-4-20(16-21)23-6-3-12-30-27(23)25(32-28(33)19-9-13-29-14-10-19)11-15-35-22-7-8-24-26(17-22)36-18-31-24/h2-8,12,16-19,25,29H,9-11,13-15H2,1H3,(H,32,33)/t25-/m0/s1. The molecule has 0 radical (unpaired) electrons. The van der Waals surface area contributed by atoms with E-state index in [1.165, 1.54) is 0 Å². The van der Waals surface area contributed by atoms with Crippen molar-refractivity contribution in [1.29, 1.82) is 0 Å². The van der Waals surface area contributed by atoms with Crippen molar-refractivity contribution in [3.05, 3.63) is 72.0 Å². The van der Waals surface area contributed by atoms with Crippen LogP contribution in [-0.4, -0.2) is 42.7 Å². The number of benzene rings is 2. The molecule has 36 heavy (non-hydrogen) atoms. The Bertz CT molecular complexity index is 1320. The maximum absolute atomic E-state index is 13.2. The lowest BCUT2D eigenvalue weighted by Crippen LogP contribution is -2.40. The number of nitrogens with zero attached hydrogens (tertiary/aromatic N) is 2. The minimum absolute atomic E-state index is 0.00684. The third kappa shape index (κ3) is 5.66. The van der Waals surface area contributed by atoms with Gasteiger partial charge in [-0.05, 0) is 67.9 Å². The summed E-state index contributed by atoms with van der Waals surface area (Å²) >= 11 is 1.59. The highest BCUT2D eigenvalue weighted by Crippen LogP contribution is 2.31. The van der Waals surface area contributed by atoms with Crippen LogP contribution in [-0.2, 0) is 4.79 Å². The number of aromatic nitrogens is 2. The van der Waals surface area contributed by atoms with Gasteiger partial charge in [-0.3, -0.25) is 9.78 Å². The number of methoxy groups -OCH3 is 1. The van der Waals surface area contributed by atoms with Gasteiger partial charge in [0.05, 0.1) is 41.2 Å². The van der Waals surface area contributed by atoms with Crippen LogP contribution in [0, 0.1) is 5.92 Å². The van der Waals surface area contributed by atoms with E-state index in [-0.39, 0.29) is 17.9 Å². The molecule has 2 aromatic heterocycles. The summed E-state index contributed by atoms with van der Waals surface area (Å²) in [6.45, 7) is 2.17. The zero-order chi connectivity index (χ0) is 24.7. The molecule has 1 atom stereocenters. The summed E-state index contributed by atoms with van der Waals surface area (Å²) in [5.41, 5.74) is 5.60. The highest BCUT2D eigenvalue weighted by atomic mass is 32.1. The molecule has 7 nitrogen and oxygen atoms in total. The van der Waals surface area contributed by atoms with Crippen molar-refractivity contribution in [1.82, 2.24) is 20.6 Å². The molecule has 1 aliphatic rings. The van der Waals surface area contributed by atoms with Crippen molar-refractivity contribution < 1.29 is 14.3 Å². The van der Waals surface area contributed by atoms with Gasteiger partial charge in [-0.15, -0.1) is 11.3 Å². The predicted octanol–water partition coefficient (Wildman–Crippen LogP) is 4.99. The van der Waals surface area contributed by atoms with E-state index in [9.17, 15) is 4.79 Å². The largest absolute Gasteiger partial charge is 0.497 e. The fourth-order valence-electron chi connectivity index (χ4n) is 4.60. The van der Waals surface area contributed by atoms with Crippen LogP contribution >= 0.6 is 11.3 Å². The molecule has 2 aromatic carbocycles. The van der Waals surface area contributed by atoms with Crippen LogP contribution in [0.5, 0.6) is 11.5 Å². The summed E-state index contributed by atoms with van der Waals surface area (Å²) in [5.74, 6) is 1.66. The Hall–Kier alpha value is -3.49. The fraction of sp³-hybridized carbons (Fsp3) is 0.321. The van der Waals surface area contributed by atoms with Crippen molar-refractivity contribution >= 4 is 27.5 Å². The molecule has 0 aliphatic carbocycles. The van der Waals surface area contributed by atoms with E-state index in [0.29, 0.717) is 13.0 Å². The van der Waals surface area contributed by atoms with E-state index in [1.54, 1.807) is 24.6 Å². The highest BCUT2D eigenvalue weighted by Gasteiger charge is 2.26. The maximum Gasteiger partial charge on any atom is 0.223 e. The van der Waals surface area contributed by atoms with Gasteiger partial charge in [0.25, 0.3) is 0 Å². The molecule has 8 heteroatoms. The van der Waals surface area contributed by atoms with Crippen LogP contribution in [0.15, 0.2) is 66.3 Å². The summed E-state index contributed by atoms with van der Waals surface area (Å²) in [5, 5.41) is 6.64. The monoisotopic (exact) mass is 502 g/mol. The molecule has 0 bridgehead atoms. The summed E-state index contributed by atoms with van der Waals surface area (Å²) < 4.78 is 12.6. The number of hydrogen-bond acceptors (Lipinski definition) is 7. The van der Waals surface area contributed by atoms with Gasteiger partial charge in [-0.1, -0.05) is 18.2 Å². The van der Waals surface area contributed by atoms with E-state index < -0.39 is 0 Å². The van der Waals surface area contributed by atoms with Gasteiger partial charge in [0.2, 0.25) is 5.91 Å². The topological polar surface area (TPSA) is 85.4 Å². The van der Waals surface area contributed by atoms with E-state index in [4.69, 9.17) is 14.5 Å². The minimum Gasteiger partial charge on any atom is -0.497 e. The summed E-state index contributed by atoms with van der Waals surface area (Å²) in [6.07, 6.45) is 4.05. The van der Waals surface area contributed by atoms with Gasteiger partial charge in [-0.2, -0.15) is 0 Å². The molecule has 1 saturated heterocycles. The number of rotatable bonds is 9. The van der Waals surface area contributed by atoms with Crippen molar-refractivity contribution in [2.45, 2.75) is 25.3 Å². The van der Waals surface area contributed by atoms with Gasteiger partial charge in [0.15, 0.2) is 0 Å². The van der Waals surface area contributed by atoms with Gasteiger partial charge in [0.1, 0.15) is 11.5 Å². The van der Waals surface area contributed by atoms with Crippen LogP contribution in [0.2, 0.25) is 0 Å². The van der Waals surface area contributed by atoms with Crippen molar-refractivity contribution in [2.24, 2.45) is 5.92 Å². The number of nitrogens with one attached hydrogen (secondary N) is 2. The van der Waals surface area contributed by atoms with E-state index >= 15 is 0 Å². The lowest BCUT2D eigenvalue weighted by atomic mass is 9.94. The Labute approximate surface area is 214 Å². The van der Waals surface area contributed by atoms with Crippen LogP contribution < -0.4 is 20.1 Å². The van der Waals surface area contributed by atoms with Crippen LogP contribution in [0.4, 0.5) is 0 Å². The SMILES string of the molecule is COc1cccc(-c2cccnc2[C@H](CCOc2ccc3ncsc3c2)NC(=O)C2CCNCC2)c1. The highest BCUT2D eigenvalue weighted by molar-refractivity contribution is 7.16. The molecular weight excluding hydrogens is 472 g/mol. The Morgan fingerprint density at radius 1 is 1.11 bits per heavy atom. The van der Waals surface area contributed by atoms with Crippen LogP contribution in [0.25, 0.3) is 21.3 Å². The molecule has 186 valence electrons. The molecule has 5 rings (SSSR count). The average molecular weight is 503 g/mol. The fourth-order valence-corrected chi connectivity index (χ4v) is 5.31. The Morgan fingerprint density at radius 3 is 2.86 bits per heavy atom. The first-order chi connectivity index (χ1) is 17.7. The molecule has 1 fully saturated rings. The first kappa shape index (κ1) is 24.2. The van der Waals surface area contributed by atoms with Gasteiger partial charge < -0.3 is 20.1 Å². The lowest BCUT2D eigenvalue weighted by molar-refractivity contribution is -0.126. The number of ether oxygens (including phenoxy) is 2. The van der Waals surface area contributed by atoms with E-state index in [0.717, 1.165) is 64.5 Å².